The van der Waals surface area contributed by atoms with Gasteiger partial charge in [0.1, 0.15) is 23.3 Å². The van der Waals surface area contributed by atoms with E-state index in [2.05, 4.69) is 5.32 Å². The summed E-state index contributed by atoms with van der Waals surface area (Å²) in [6.45, 7) is 5.71. The minimum atomic E-state index is -0.623. The Labute approximate surface area is 184 Å². The number of hydrogen-bond donors (Lipinski definition) is 1. The van der Waals surface area contributed by atoms with Gasteiger partial charge in [0.05, 0.1) is 14.2 Å². The van der Waals surface area contributed by atoms with Gasteiger partial charge in [-0.3, -0.25) is 9.59 Å². The van der Waals surface area contributed by atoms with Crippen LogP contribution in [0.2, 0.25) is 0 Å². The summed E-state index contributed by atoms with van der Waals surface area (Å²) >= 11 is 0. The highest BCUT2D eigenvalue weighted by atomic mass is 16.5. The highest BCUT2D eigenvalue weighted by molar-refractivity contribution is 5.88. The maximum Gasteiger partial charge on any atom is 0.261 e. The second-order valence-electron chi connectivity index (χ2n) is 7.50. The van der Waals surface area contributed by atoms with Crippen molar-refractivity contribution in [1.29, 1.82) is 0 Å². The Morgan fingerprint density at radius 3 is 2.06 bits per heavy atom. The first-order chi connectivity index (χ1) is 14.8. The molecule has 7 nitrogen and oxygen atoms in total. The SMILES string of the molecule is COc1cc(OC)cc(OCC(=O)N(CCc2ccccc2)C(C)C(=O)NC(C)C)c1. The van der Waals surface area contributed by atoms with Crippen LogP contribution in [0.25, 0.3) is 0 Å². The van der Waals surface area contributed by atoms with Crippen LogP contribution in [0.4, 0.5) is 0 Å². The zero-order valence-corrected chi connectivity index (χ0v) is 18.9. The maximum atomic E-state index is 13.0. The van der Waals surface area contributed by atoms with Gasteiger partial charge in [0, 0.05) is 30.8 Å². The minimum Gasteiger partial charge on any atom is -0.496 e. The van der Waals surface area contributed by atoms with Gasteiger partial charge < -0.3 is 24.4 Å². The molecule has 7 heteroatoms. The molecule has 1 N–H and O–H groups in total. The van der Waals surface area contributed by atoms with E-state index in [4.69, 9.17) is 14.2 Å². The van der Waals surface area contributed by atoms with Crippen LogP contribution < -0.4 is 19.5 Å². The van der Waals surface area contributed by atoms with E-state index in [1.165, 1.54) is 0 Å². The molecule has 0 aliphatic carbocycles. The molecule has 0 aliphatic rings. The number of nitrogens with zero attached hydrogens (tertiary/aromatic N) is 1. The number of ether oxygens (including phenoxy) is 3. The third kappa shape index (κ3) is 7.51. The number of hydrogen-bond acceptors (Lipinski definition) is 5. The van der Waals surface area contributed by atoms with Gasteiger partial charge in [0.2, 0.25) is 5.91 Å². The van der Waals surface area contributed by atoms with Crippen molar-refractivity contribution in [2.75, 3.05) is 27.4 Å². The van der Waals surface area contributed by atoms with Gasteiger partial charge in [0.15, 0.2) is 6.61 Å². The smallest absolute Gasteiger partial charge is 0.261 e. The summed E-state index contributed by atoms with van der Waals surface area (Å²) in [7, 11) is 3.09. The van der Waals surface area contributed by atoms with Crippen molar-refractivity contribution in [3.8, 4) is 17.2 Å². The molecule has 2 aromatic rings. The van der Waals surface area contributed by atoms with E-state index < -0.39 is 6.04 Å². The molecule has 1 atom stereocenters. The Morgan fingerprint density at radius 2 is 1.52 bits per heavy atom. The fraction of sp³-hybridized carbons (Fsp3) is 0.417. The molecule has 0 aliphatic heterocycles. The first kappa shape index (κ1) is 24.1. The lowest BCUT2D eigenvalue weighted by atomic mass is 10.1. The van der Waals surface area contributed by atoms with Crippen LogP contribution in [0.15, 0.2) is 48.5 Å². The first-order valence-corrected chi connectivity index (χ1v) is 10.3. The lowest BCUT2D eigenvalue weighted by molar-refractivity contribution is -0.141. The topological polar surface area (TPSA) is 77.1 Å². The summed E-state index contributed by atoms with van der Waals surface area (Å²) in [5, 5.41) is 2.87. The van der Waals surface area contributed by atoms with Crippen LogP contribution >= 0.6 is 0 Å². The quantitative estimate of drug-likeness (QED) is 0.595. The van der Waals surface area contributed by atoms with Crippen molar-refractivity contribution in [2.24, 2.45) is 0 Å². The largest absolute Gasteiger partial charge is 0.496 e. The van der Waals surface area contributed by atoms with E-state index in [0.29, 0.717) is 30.2 Å². The molecule has 31 heavy (non-hydrogen) atoms. The van der Waals surface area contributed by atoms with Gasteiger partial charge in [-0.05, 0) is 32.8 Å². The van der Waals surface area contributed by atoms with Crippen LogP contribution in [0.5, 0.6) is 17.2 Å². The first-order valence-electron chi connectivity index (χ1n) is 10.3. The third-order valence-electron chi connectivity index (χ3n) is 4.77. The van der Waals surface area contributed by atoms with Crippen molar-refractivity contribution in [3.05, 3.63) is 54.1 Å². The third-order valence-corrected chi connectivity index (χ3v) is 4.77. The van der Waals surface area contributed by atoms with E-state index in [0.717, 1.165) is 5.56 Å². The summed E-state index contributed by atoms with van der Waals surface area (Å²) in [6, 6.07) is 14.3. The van der Waals surface area contributed by atoms with Crippen molar-refractivity contribution in [1.82, 2.24) is 10.2 Å². The van der Waals surface area contributed by atoms with Crippen LogP contribution in [0.1, 0.15) is 26.3 Å². The lowest BCUT2D eigenvalue weighted by Gasteiger charge is -2.29. The fourth-order valence-corrected chi connectivity index (χ4v) is 3.07. The van der Waals surface area contributed by atoms with E-state index in [1.54, 1.807) is 44.2 Å². The van der Waals surface area contributed by atoms with Gasteiger partial charge >= 0.3 is 0 Å². The Hall–Kier alpha value is -3.22. The van der Waals surface area contributed by atoms with Crippen molar-refractivity contribution in [3.63, 3.8) is 0 Å². The highest BCUT2D eigenvalue weighted by Gasteiger charge is 2.26. The molecule has 0 aromatic heterocycles. The van der Waals surface area contributed by atoms with Gasteiger partial charge in [0.25, 0.3) is 5.91 Å². The Kier molecular flexibility index (Phi) is 9.18. The van der Waals surface area contributed by atoms with E-state index in [1.807, 2.05) is 44.2 Å². The molecule has 0 saturated heterocycles. The van der Waals surface area contributed by atoms with Gasteiger partial charge in [-0.2, -0.15) is 0 Å². The van der Waals surface area contributed by atoms with E-state index in [-0.39, 0.29) is 24.5 Å². The van der Waals surface area contributed by atoms with Crippen LogP contribution in [0, 0.1) is 0 Å². The average molecular weight is 429 g/mol. The van der Waals surface area contributed by atoms with Crippen LogP contribution in [0.3, 0.4) is 0 Å². The number of rotatable bonds is 11. The molecule has 2 amide bonds. The molecule has 0 spiro atoms. The van der Waals surface area contributed by atoms with Crippen molar-refractivity contribution in [2.45, 2.75) is 39.3 Å². The van der Waals surface area contributed by atoms with Crippen molar-refractivity contribution >= 4 is 11.8 Å². The Morgan fingerprint density at radius 1 is 0.935 bits per heavy atom. The number of nitrogens with one attached hydrogen (secondary N) is 1. The monoisotopic (exact) mass is 428 g/mol. The summed E-state index contributed by atoms with van der Waals surface area (Å²) < 4.78 is 16.2. The zero-order valence-electron chi connectivity index (χ0n) is 18.9. The summed E-state index contributed by atoms with van der Waals surface area (Å²) in [6.07, 6.45) is 0.638. The second kappa shape index (κ2) is 11.8. The second-order valence-corrected chi connectivity index (χ2v) is 7.50. The number of carbonyl (C=O) groups is 2. The summed E-state index contributed by atoms with van der Waals surface area (Å²) in [5.74, 6) is 1.11. The number of carbonyl (C=O) groups excluding carboxylic acids is 2. The maximum absolute atomic E-state index is 13.0. The number of benzene rings is 2. The summed E-state index contributed by atoms with van der Waals surface area (Å²) in [4.78, 5) is 27.2. The molecular weight excluding hydrogens is 396 g/mol. The van der Waals surface area contributed by atoms with E-state index in [9.17, 15) is 9.59 Å². The van der Waals surface area contributed by atoms with Gasteiger partial charge in [-0.15, -0.1) is 0 Å². The molecule has 168 valence electrons. The molecule has 2 aromatic carbocycles. The van der Waals surface area contributed by atoms with Gasteiger partial charge in [-0.1, -0.05) is 30.3 Å². The van der Waals surface area contributed by atoms with Gasteiger partial charge in [-0.25, -0.2) is 0 Å². The molecular formula is C24H32N2O5. The normalized spacial score (nSPS) is 11.5. The molecule has 0 radical (unpaired) electrons. The predicted molar refractivity (Wildman–Crippen MR) is 120 cm³/mol. The highest BCUT2D eigenvalue weighted by Crippen LogP contribution is 2.27. The number of amides is 2. The fourth-order valence-electron chi connectivity index (χ4n) is 3.07. The Balaban J connectivity index is 2.12. The molecule has 1 unspecified atom stereocenters. The number of methoxy groups -OCH3 is 2. The Bertz CT molecular complexity index is 832. The van der Waals surface area contributed by atoms with Crippen LogP contribution in [-0.4, -0.2) is 56.2 Å². The van der Waals surface area contributed by atoms with Crippen molar-refractivity contribution < 1.29 is 23.8 Å². The average Bonchev–Trinajstić information content (AvgIpc) is 2.77. The molecule has 2 rings (SSSR count). The molecule has 0 heterocycles. The minimum absolute atomic E-state index is 0.0125. The standard InChI is InChI=1S/C24H32N2O5/c1-17(2)25-24(28)18(3)26(12-11-19-9-7-6-8-10-19)23(27)16-31-22-14-20(29-4)13-21(15-22)30-5/h6-10,13-15,17-18H,11-12,16H2,1-5H3,(H,25,28). The molecule has 0 fully saturated rings. The molecule has 0 bridgehead atoms. The molecule has 0 saturated carbocycles. The van der Waals surface area contributed by atoms with Crippen LogP contribution in [-0.2, 0) is 16.0 Å². The van der Waals surface area contributed by atoms with E-state index >= 15 is 0 Å². The predicted octanol–water partition coefficient (Wildman–Crippen LogP) is 3.07. The lowest BCUT2D eigenvalue weighted by Crippen LogP contribution is -2.51. The zero-order chi connectivity index (χ0) is 22.8. The summed E-state index contributed by atoms with van der Waals surface area (Å²) in [5.41, 5.74) is 1.09.